The second kappa shape index (κ2) is 9.66. The minimum absolute atomic E-state index is 0.0932. The molecule has 0 saturated carbocycles. The predicted octanol–water partition coefficient (Wildman–Crippen LogP) is 1.46. The molecule has 1 atom stereocenters. The summed E-state index contributed by atoms with van der Waals surface area (Å²) in [5.74, 6) is -0.402. The summed E-state index contributed by atoms with van der Waals surface area (Å²) >= 11 is 0. The molecule has 1 aliphatic heterocycles. The lowest BCUT2D eigenvalue weighted by molar-refractivity contribution is -0.909. The third-order valence-electron chi connectivity index (χ3n) is 5.09. The van der Waals surface area contributed by atoms with Gasteiger partial charge in [0.25, 0.3) is 0 Å². The SMILES string of the molecule is COc1ccc(CC(=O)N[C@H](C[NH+]2CCOCC2)c2ccc(C)cc2)cc1F. The van der Waals surface area contributed by atoms with E-state index >= 15 is 0 Å². The standard InChI is InChI=1S/C22H27FN2O3/c1-16-3-6-18(7-4-16)20(15-25-9-11-28-12-10-25)24-22(26)14-17-5-8-21(27-2)19(23)13-17/h3-8,13,20H,9-12,14-15H2,1-2H3,(H,24,26)/p+1/t20-/m1/s1. The van der Waals surface area contributed by atoms with Crippen molar-refractivity contribution < 1.29 is 23.6 Å². The summed E-state index contributed by atoms with van der Waals surface area (Å²) in [5.41, 5.74) is 2.89. The zero-order chi connectivity index (χ0) is 19.9. The number of rotatable bonds is 7. The van der Waals surface area contributed by atoms with Crippen molar-refractivity contribution in [3.63, 3.8) is 0 Å². The van der Waals surface area contributed by atoms with Crippen LogP contribution in [-0.4, -0.2) is 45.9 Å². The minimum atomic E-state index is -0.458. The zero-order valence-corrected chi connectivity index (χ0v) is 16.5. The number of hydrogen-bond donors (Lipinski definition) is 2. The fourth-order valence-corrected chi connectivity index (χ4v) is 3.45. The van der Waals surface area contributed by atoms with Gasteiger partial charge in [-0.05, 0) is 30.2 Å². The average Bonchev–Trinajstić information content (AvgIpc) is 2.69. The van der Waals surface area contributed by atoms with Crippen LogP contribution in [0.15, 0.2) is 42.5 Å². The lowest BCUT2D eigenvalue weighted by Crippen LogP contribution is -3.14. The number of carbonyl (C=O) groups is 1. The fraction of sp³-hybridized carbons (Fsp3) is 0.409. The summed E-state index contributed by atoms with van der Waals surface area (Å²) in [6, 6.07) is 12.8. The van der Waals surface area contributed by atoms with E-state index < -0.39 is 5.82 Å². The molecule has 1 saturated heterocycles. The molecule has 1 amide bonds. The maximum atomic E-state index is 13.9. The summed E-state index contributed by atoms with van der Waals surface area (Å²) in [4.78, 5) is 14.1. The van der Waals surface area contributed by atoms with Crippen LogP contribution in [0.5, 0.6) is 5.75 Å². The summed E-state index contributed by atoms with van der Waals surface area (Å²) < 4.78 is 24.3. The van der Waals surface area contributed by atoms with Gasteiger partial charge in [0.05, 0.1) is 26.7 Å². The van der Waals surface area contributed by atoms with Crippen molar-refractivity contribution >= 4 is 5.91 Å². The third-order valence-corrected chi connectivity index (χ3v) is 5.09. The maximum Gasteiger partial charge on any atom is 0.225 e. The van der Waals surface area contributed by atoms with E-state index in [2.05, 4.69) is 29.6 Å². The van der Waals surface area contributed by atoms with Crippen LogP contribution < -0.4 is 15.0 Å². The lowest BCUT2D eigenvalue weighted by atomic mass is 10.0. The Morgan fingerprint density at radius 2 is 1.93 bits per heavy atom. The van der Waals surface area contributed by atoms with E-state index in [0.717, 1.165) is 38.4 Å². The highest BCUT2D eigenvalue weighted by Gasteiger charge is 2.23. The number of ether oxygens (including phenoxy) is 2. The second-order valence-corrected chi connectivity index (χ2v) is 7.24. The highest BCUT2D eigenvalue weighted by Crippen LogP contribution is 2.18. The summed E-state index contributed by atoms with van der Waals surface area (Å²) in [6.45, 7) is 6.20. The molecule has 2 aromatic rings. The number of aryl methyl sites for hydroxylation is 1. The molecule has 1 aliphatic rings. The van der Waals surface area contributed by atoms with Crippen LogP contribution in [-0.2, 0) is 16.0 Å². The van der Waals surface area contributed by atoms with E-state index in [1.807, 2.05) is 6.92 Å². The van der Waals surface area contributed by atoms with Crippen molar-refractivity contribution in [3.05, 3.63) is 65.0 Å². The van der Waals surface area contributed by atoms with Crippen molar-refractivity contribution in [2.75, 3.05) is 40.0 Å². The van der Waals surface area contributed by atoms with Crippen molar-refractivity contribution in [1.29, 1.82) is 0 Å². The molecule has 0 bridgehead atoms. The number of benzene rings is 2. The Bertz CT molecular complexity index is 789. The van der Waals surface area contributed by atoms with Crippen LogP contribution in [0.3, 0.4) is 0 Å². The zero-order valence-electron chi connectivity index (χ0n) is 16.5. The van der Waals surface area contributed by atoms with E-state index in [9.17, 15) is 9.18 Å². The summed E-state index contributed by atoms with van der Waals surface area (Å²) in [7, 11) is 1.42. The van der Waals surface area contributed by atoms with Crippen LogP contribution in [0.25, 0.3) is 0 Å². The molecule has 2 aromatic carbocycles. The Hall–Kier alpha value is -2.44. The molecule has 5 nitrogen and oxygen atoms in total. The highest BCUT2D eigenvalue weighted by molar-refractivity contribution is 5.79. The first-order valence-electron chi connectivity index (χ1n) is 9.65. The van der Waals surface area contributed by atoms with Crippen LogP contribution in [0, 0.1) is 12.7 Å². The van der Waals surface area contributed by atoms with Crippen LogP contribution >= 0.6 is 0 Å². The van der Waals surface area contributed by atoms with E-state index in [-0.39, 0.29) is 24.1 Å². The van der Waals surface area contributed by atoms with E-state index in [1.165, 1.54) is 23.6 Å². The molecule has 0 aliphatic carbocycles. The van der Waals surface area contributed by atoms with Gasteiger partial charge in [-0.2, -0.15) is 0 Å². The van der Waals surface area contributed by atoms with Gasteiger partial charge in [0.15, 0.2) is 11.6 Å². The van der Waals surface area contributed by atoms with Crippen LogP contribution in [0.1, 0.15) is 22.7 Å². The first kappa shape index (κ1) is 20.3. The van der Waals surface area contributed by atoms with E-state index in [4.69, 9.17) is 9.47 Å². The van der Waals surface area contributed by atoms with Gasteiger partial charge >= 0.3 is 0 Å². The first-order chi connectivity index (χ1) is 13.5. The number of amides is 1. The van der Waals surface area contributed by atoms with Gasteiger partial charge in [-0.3, -0.25) is 4.79 Å². The number of morpholine rings is 1. The quantitative estimate of drug-likeness (QED) is 0.756. The number of quaternary nitrogens is 1. The molecular formula is C22H28FN2O3+. The van der Waals surface area contributed by atoms with Gasteiger partial charge in [0, 0.05) is 0 Å². The number of halogens is 1. The molecule has 3 rings (SSSR count). The molecule has 0 spiro atoms. The number of methoxy groups -OCH3 is 1. The van der Waals surface area contributed by atoms with Crippen molar-refractivity contribution in [3.8, 4) is 5.75 Å². The topological polar surface area (TPSA) is 52.0 Å². The van der Waals surface area contributed by atoms with Crippen LogP contribution in [0.4, 0.5) is 4.39 Å². The van der Waals surface area contributed by atoms with Gasteiger partial charge in [0.1, 0.15) is 25.7 Å². The van der Waals surface area contributed by atoms with Crippen LogP contribution in [0.2, 0.25) is 0 Å². The number of hydrogen-bond acceptors (Lipinski definition) is 3. The normalized spacial score (nSPS) is 15.8. The maximum absolute atomic E-state index is 13.9. The highest BCUT2D eigenvalue weighted by atomic mass is 19.1. The van der Waals surface area contributed by atoms with Gasteiger partial charge in [-0.25, -0.2) is 4.39 Å². The Kier molecular flexibility index (Phi) is 7.01. The van der Waals surface area contributed by atoms with Crippen molar-refractivity contribution in [2.24, 2.45) is 0 Å². The molecule has 0 radical (unpaired) electrons. The molecule has 1 fully saturated rings. The van der Waals surface area contributed by atoms with Gasteiger partial charge in [-0.15, -0.1) is 0 Å². The smallest absolute Gasteiger partial charge is 0.225 e. The Morgan fingerprint density at radius 1 is 1.21 bits per heavy atom. The Balaban J connectivity index is 1.69. The van der Waals surface area contributed by atoms with Gasteiger partial charge < -0.3 is 19.7 Å². The molecular weight excluding hydrogens is 359 g/mol. The fourth-order valence-electron chi connectivity index (χ4n) is 3.45. The monoisotopic (exact) mass is 387 g/mol. The molecule has 1 heterocycles. The van der Waals surface area contributed by atoms with Gasteiger partial charge in [0.2, 0.25) is 5.91 Å². The molecule has 0 aromatic heterocycles. The van der Waals surface area contributed by atoms with E-state index in [1.54, 1.807) is 12.1 Å². The molecule has 6 heteroatoms. The lowest BCUT2D eigenvalue weighted by Gasteiger charge is -2.28. The molecule has 0 unspecified atom stereocenters. The predicted molar refractivity (Wildman–Crippen MR) is 105 cm³/mol. The van der Waals surface area contributed by atoms with E-state index in [0.29, 0.717) is 5.56 Å². The van der Waals surface area contributed by atoms with Gasteiger partial charge in [-0.1, -0.05) is 35.9 Å². The Labute approximate surface area is 165 Å². The average molecular weight is 387 g/mol. The molecule has 28 heavy (non-hydrogen) atoms. The summed E-state index contributed by atoms with van der Waals surface area (Å²) in [5, 5.41) is 3.14. The molecule has 2 N–H and O–H groups in total. The number of nitrogens with one attached hydrogen (secondary N) is 2. The third kappa shape index (κ3) is 5.53. The molecule has 150 valence electrons. The second-order valence-electron chi connectivity index (χ2n) is 7.24. The minimum Gasteiger partial charge on any atom is -0.494 e. The first-order valence-corrected chi connectivity index (χ1v) is 9.65. The number of carbonyl (C=O) groups excluding carboxylic acids is 1. The van der Waals surface area contributed by atoms with Crippen molar-refractivity contribution in [2.45, 2.75) is 19.4 Å². The largest absolute Gasteiger partial charge is 0.494 e. The van der Waals surface area contributed by atoms with Crippen molar-refractivity contribution in [1.82, 2.24) is 5.32 Å². The Morgan fingerprint density at radius 3 is 2.57 bits per heavy atom. The summed E-state index contributed by atoms with van der Waals surface area (Å²) in [6.07, 6.45) is 0.127.